The van der Waals surface area contributed by atoms with Crippen LogP contribution in [0.4, 0.5) is 0 Å². The second kappa shape index (κ2) is 6.11. The Bertz CT molecular complexity index is 115. The summed E-state index contributed by atoms with van der Waals surface area (Å²) in [6, 6.07) is 0. The predicted molar refractivity (Wildman–Crippen MR) is 60.4 cm³/mol. The largest absolute Gasteiger partial charge is 0.310 e. The van der Waals surface area contributed by atoms with Gasteiger partial charge in [0.15, 0.2) is 0 Å². The number of thioether (sulfide) groups is 1. The summed E-state index contributed by atoms with van der Waals surface area (Å²) in [5.74, 6) is 2.36. The van der Waals surface area contributed by atoms with E-state index in [1.807, 2.05) is 18.7 Å². The van der Waals surface area contributed by atoms with Crippen LogP contribution in [0.3, 0.4) is 0 Å². The monoisotopic (exact) mass is 209 g/mol. The van der Waals surface area contributed by atoms with E-state index in [9.17, 15) is 0 Å². The quantitative estimate of drug-likeness (QED) is 0.534. The molecule has 0 aliphatic carbocycles. The molecule has 0 aromatic carbocycles. The maximum Gasteiger partial charge on any atom is 0.0484 e. The number of hydrogen-bond donors (Lipinski definition) is 1. The van der Waals surface area contributed by atoms with Gasteiger partial charge in [-0.25, -0.2) is 0 Å². The van der Waals surface area contributed by atoms with E-state index in [0.29, 0.717) is 0 Å². The van der Waals surface area contributed by atoms with E-state index in [1.54, 1.807) is 0 Å². The molecule has 0 rings (SSSR count). The number of rotatable bonds is 6. The summed E-state index contributed by atoms with van der Waals surface area (Å²) in [7, 11) is 0. The van der Waals surface area contributed by atoms with Gasteiger partial charge in [0.05, 0.1) is 0 Å². The highest BCUT2D eigenvalue weighted by molar-refractivity contribution is 7.99. The maximum absolute atomic E-state index is 6.01. The lowest BCUT2D eigenvalue weighted by Gasteiger charge is -2.29. The van der Waals surface area contributed by atoms with Gasteiger partial charge in [-0.15, -0.1) is 11.6 Å². The average Bonchev–Trinajstić information content (AvgIpc) is 1.98. The highest BCUT2D eigenvalue weighted by atomic mass is 35.5. The Balaban J connectivity index is 3.47. The first-order valence-corrected chi connectivity index (χ1v) is 6.06. The summed E-state index contributed by atoms with van der Waals surface area (Å²) in [5, 5.41) is 3.61. The molecule has 74 valence electrons. The van der Waals surface area contributed by atoms with Crippen molar-refractivity contribution < 1.29 is 0 Å². The number of nitrogens with one attached hydrogen (secondary N) is 1. The highest BCUT2D eigenvalue weighted by Crippen LogP contribution is 2.14. The van der Waals surface area contributed by atoms with Crippen molar-refractivity contribution in [3.63, 3.8) is 0 Å². The molecule has 1 nitrogen and oxygen atoms in total. The van der Waals surface area contributed by atoms with Crippen molar-refractivity contribution >= 4 is 23.4 Å². The molecule has 0 fully saturated rings. The molecule has 3 heteroatoms. The smallest absolute Gasteiger partial charge is 0.0484 e. The summed E-state index contributed by atoms with van der Waals surface area (Å²) in [4.78, 5) is 0. The van der Waals surface area contributed by atoms with Crippen LogP contribution in [-0.4, -0.2) is 29.0 Å². The molecule has 1 unspecified atom stereocenters. The van der Waals surface area contributed by atoms with Crippen LogP contribution in [0, 0.1) is 0 Å². The Kier molecular flexibility index (Phi) is 6.42. The Morgan fingerprint density at radius 1 is 1.50 bits per heavy atom. The Morgan fingerprint density at radius 2 is 2.08 bits per heavy atom. The molecule has 0 aliphatic heterocycles. The van der Waals surface area contributed by atoms with E-state index in [2.05, 4.69) is 26.1 Å². The van der Waals surface area contributed by atoms with E-state index < -0.39 is 0 Å². The molecule has 0 aromatic heterocycles. The van der Waals surface area contributed by atoms with Crippen LogP contribution in [0.1, 0.15) is 27.7 Å². The lowest BCUT2D eigenvalue weighted by atomic mass is 10.0. The average molecular weight is 210 g/mol. The topological polar surface area (TPSA) is 12.0 Å². The lowest BCUT2D eigenvalue weighted by Crippen LogP contribution is -2.46. The van der Waals surface area contributed by atoms with Crippen molar-refractivity contribution in [3.8, 4) is 0 Å². The zero-order chi connectivity index (χ0) is 9.61. The minimum Gasteiger partial charge on any atom is -0.310 e. The highest BCUT2D eigenvalue weighted by Gasteiger charge is 2.22. The number of hydrogen-bond acceptors (Lipinski definition) is 2. The molecule has 0 amide bonds. The fourth-order valence-electron chi connectivity index (χ4n) is 0.730. The van der Waals surface area contributed by atoms with Gasteiger partial charge in [-0.2, -0.15) is 11.8 Å². The minimum absolute atomic E-state index is 0.0514. The molecule has 0 aromatic rings. The van der Waals surface area contributed by atoms with Crippen molar-refractivity contribution in [2.45, 2.75) is 38.6 Å². The SMILES string of the molecule is CCSCCNC(C)(C)C(C)Cl. The minimum atomic E-state index is 0.0514. The Hall–Kier alpha value is 0.600. The third kappa shape index (κ3) is 5.28. The maximum atomic E-state index is 6.01. The van der Waals surface area contributed by atoms with Crippen molar-refractivity contribution in [2.24, 2.45) is 0 Å². The lowest BCUT2D eigenvalue weighted by molar-refractivity contribution is 0.394. The second-order valence-corrected chi connectivity index (χ2v) is 5.51. The van der Waals surface area contributed by atoms with E-state index in [-0.39, 0.29) is 10.9 Å². The van der Waals surface area contributed by atoms with Crippen molar-refractivity contribution in [2.75, 3.05) is 18.1 Å². The second-order valence-electron chi connectivity index (χ2n) is 3.46. The summed E-state index contributed by atoms with van der Waals surface area (Å²) in [6.07, 6.45) is 0. The molecular formula is C9H20ClNS. The van der Waals surface area contributed by atoms with Crippen LogP contribution in [-0.2, 0) is 0 Å². The molecule has 0 aliphatic rings. The molecule has 1 N–H and O–H groups in total. The van der Waals surface area contributed by atoms with Gasteiger partial charge in [-0.3, -0.25) is 0 Å². The van der Waals surface area contributed by atoms with Crippen LogP contribution in [0.5, 0.6) is 0 Å². The van der Waals surface area contributed by atoms with E-state index in [4.69, 9.17) is 11.6 Å². The van der Waals surface area contributed by atoms with Gasteiger partial charge in [0.1, 0.15) is 0 Å². The van der Waals surface area contributed by atoms with Crippen molar-refractivity contribution in [1.82, 2.24) is 5.32 Å². The molecule has 0 saturated carbocycles. The van der Waals surface area contributed by atoms with Gasteiger partial charge in [-0.05, 0) is 26.5 Å². The van der Waals surface area contributed by atoms with Gasteiger partial charge in [0.2, 0.25) is 0 Å². The summed E-state index contributed by atoms with van der Waals surface area (Å²) in [6.45, 7) is 9.53. The zero-order valence-corrected chi connectivity index (χ0v) is 10.1. The van der Waals surface area contributed by atoms with Gasteiger partial charge in [0, 0.05) is 23.2 Å². The van der Waals surface area contributed by atoms with Gasteiger partial charge >= 0.3 is 0 Å². The molecular weight excluding hydrogens is 190 g/mol. The van der Waals surface area contributed by atoms with Gasteiger partial charge in [0.25, 0.3) is 0 Å². The molecule has 1 atom stereocenters. The Labute approximate surface area is 85.6 Å². The predicted octanol–water partition coefficient (Wildman–Crippen LogP) is 2.74. The standard InChI is InChI=1S/C9H20ClNS/c1-5-12-7-6-11-9(3,4)8(2)10/h8,11H,5-7H2,1-4H3. The Morgan fingerprint density at radius 3 is 2.50 bits per heavy atom. The van der Waals surface area contributed by atoms with Crippen LogP contribution in [0.2, 0.25) is 0 Å². The van der Waals surface area contributed by atoms with Crippen LogP contribution < -0.4 is 5.32 Å². The fourth-order valence-corrected chi connectivity index (χ4v) is 1.34. The number of alkyl halides is 1. The molecule has 0 heterocycles. The summed E-state index contributed by atoms with van der Waals surface area (Å²) < 4.78 is 0. The summed E-state index contributed by atoms with van der Waals surface area (Å²) >= 11 is 7.97. The fraction of sp³-hybridized carbons (Fsp3) is 1.00. The molecule has 12 heavy (non-hydrogen) atoms. The van der Waals surface area contributed by atoms with Crippen molar-refractivity contribution in [1.29, 1.82) is 0 Å². The molecule has 0 saturated heterocycles. The van der Waals surface area contributed by atoms with Crippen LogP contribution in [0.15, 0.2) is 0 Å². The first-order chi connectivity index (χ1) is 5.50. The normalized spacial score (nSPS) is 14.8. The van der Waals surface area contributed by atoms with E-state index >= 15 is 0 Å². The number of halogens is 1. The first-order valence-electron chi connectivity index (χ1n) is 4.47. The first kappa shape index (κ1) is 12.6. The molecule has 0 radical (unpaired) electrons. The van der Waals surface area contributed by atoms with Crippen molar-refractivity contribution in [3.05, 3.63) is 0 Å². The van der Waals surface area contributed by atoms with E-state index in [0.717, 1.165) is 6.54 Å². The van der Waals surface area contributed by atoms with Crippen LogP contribution in [0.25, 0.3) is 0 Å². The summed E-state index contributed by atoms with van der Waals surface area (Å²) in [5.41, 5.74) is 0.0514. The van der Waals surface area contributed by atoms with Gasteiger partial charge < -0.3 is 5.32 Å². The third-order valence-electron chi connectivity index (χ3n) is 2.03. The van der Waals surface area contributed by atoms with Gasteiger partial charge in [-0.1, -0.05) is 6.92 Å². The zero-order valence-electron chi connectivity index (χ0n) is 8.48. The third-order valence-corrected chi connectivity index (χ3v) is 3.47. The van der Waals surface area contributed by atoms with Crippen LogP contribution >= 0.6 is 23.4 Å². The van der Waals surface area contributed by atoms with E-state index in [1.165, 1.54) is 11.5 Å². The molecule has 0 bridgehead atoms. The molecule has 0 spiro atoms.